The summed E-state index contributed by atoms with van der Waals surface area (Å²) in [7, 11) is -1.06. The standard InChI is InChI=1S/C30H34FNP2/c1-3-26(31)24-25-34(29-20-12-6-13-21-29,30-22-14-7-15-23-30)32(2)33(27-16-8-4-9-17-27)28-18-10-5-11-19-28/h4-23,26,34H,3,24-25H2,1-2H3. The molecule has 0 saturated carbocycles. The predicted molar refractivity (Wildman–Crippen MR) is 152 cm³/mol. The SMILES string of the molecule is CCC(F)CC[PH](c1ccccc1)(c1ccccc1)N(C)P(c1ccccc1)c1ccccc1. The first-order chi connectivity index (χ1) is 16.7. The van der Waals surface area contributed by atoms with E-state index in [2.05, 4.69) is 133 Å². The van der Waals surface area contributed by atoms with E-state index in [-0.39, 0.29) is 0 Å². The summed E-state index contributed by atoms with van der Waals surface area (Å²) >= 11 is 0. The Hall–Kier alpha value is -2.37. The number of hydrogen-bond acceptors (Lipinski definition) is 1. The van der Waals surface area contributed by atoms with Crippen molar-refractivity contribution in [3.63, 3.8) is 0 Å². The van der Waals surface area contributed by atoms with Gasteiger partial charge in [-0.25, -0.2) is 0 Å². The van der Waals surface area contributed by atoms with Crippen LogP contribution in [0.1, 0.15) is 19.8 Å². The van der Waals surface area contributed by atoms with Crippen molar-refractivity contribution in [2.24, 2.45) is 0 Å². The van der Waals surface area contributed by atoms with Gasteiger partial charge in [0.25, 0.3) is 0 Å². The van der Waals surface area contributed by atoms with E-state index in [1.807, 2.05) is 6.92 Å². The molecule has 0 aromatic heterocycles. The molecule has 4 rings (SSSR count). The molecule has 0 amide bonds. The zero-order valence-electron chi connectivity index (χ0n) is 20.0. The summed E-state index contributed by atoms with van der Waals surface area (Å²) in [5.41, 5.74) is 0. The van der Waals surface area contributed by atoms with Crippen molar-refractivity contribution in [1.29, 1.82) is 0 Å². The van der Waals surface area contributed by atoms with Crippen LogP contribution < -0.4 is 21.2 Å². The maximum absolute atomic E-state index is 14.8. The van der Waals surface area contributed by atoms with E-state index in [0.29, 0.717) is 12.8 Å². The van der Waals surface area contributed by atoms with Crippen LogP contribution in [0.25, 0.3) is 0 Å². The van der Waals surface area contributed by atoms with Gasteiger partial charge in [0.15, 0.2) is 0 Å². The van der Waals surface area contributed by atoms with Crippen molar-refractivity contribution in [3.05, 3.63) is 121 Å². The minimum absolute atomic E-state index is 0.559. The Morgan fingerprint density at radius 3 is 1.44 bits per heavy atom. The number of nitrogens with zero attached hydrogens (tertiary/aromatic N) is 1. The summed E-state index contributed by atoms with van der Waals surface area (Å²) in [5, 5.41) is 5.32. The summed E-state index contributed by atoms with van der Waals surface area (Å²) in [5.74, 6) is 0. The van der Waals surface area contributed by atoms with E-state index >= 15 is 0 Å². The molecule has 0 bridgehead atoms. The van der Waals surface area contributed by atoms with Crippen molar-refractivity contribution in [2.75, 3.05) is 13.2 Å². The molecular formula is C30H34FNP2. The van der Waals surface area contributed by atoms with Crippen molar-refractivity contribution in [1.82, 2.24) is 4.44 Å². The van der Waals surface area contributed by atoms with E-state index in [4.69, 9.17) is 0 Å². The Bertz CT molecular complexity index is 1040. The van der Waals surface area contributed by atoms with Crippen LogP contribution in [0.15, 0.2) is 121 Å². The van der Waals surface area contributed by atoms with Gasteiger partial charge in [-0.05, 0) is 0 Å². The molecule has 176 valence electrons. The molecule has 0 aliphatic rings. The van der Waals surface area contributed by atoms with Gasteiger partial charge in [0.05, 0.1) is 0 Å². The van der Waals surface area contributed by atoms with E-state index in [1.54, 1.807) is 0 Å². The van der Waals surface area contributed by atoms with Gasteiger partial charge < -0.3 is 0 Å². The summed E-state index contributed by atoms with van der Waals surface area (Å²) < 4.78 is 17.5. The number of alkyl halides is 1. The molecule has 1 atom stereocenters. The van der Waals surface area contributed by atoms with Crippen LogP contribution in [0, 0.1) is 0 Å². The zero-order valence-corrected chi connectivity index (χ0v) is 21.9. The fraction of sp³-hybridized carbons (Fsp3) is 0.200. The molecule has 0 radical (unpaired) electrons. The summed E-state index contributed by atoms with van der Waals surface area (Å²) in [6.45, 7) is 1.95. The van der Waals surface area contributed by atoms with E-state index in [1.165, 1.54) is 21.2 Å². The van der Waals surface area contributed by atoms with E-state index < -0.39 is 21.7 Å². The van der Waals surface area contributed by atoms with Crippen LogP contribution in [0.2, 0.25) is 0 Å². The summed E-state index contributed by atoms with van der Waals surface area (Å²) in [6.07, 6.45) is 1.19. The molecule has 0 fully saturated rings. The molecule has 34 heavy (non-hydrogen) atoms. The molecular weight excluding hydrogens is 455 g/mol. The minimum atomic E-state index is -2.54. The molecule has 0 aliphatic heterocycles. The Morgan fingerprint density at radius 2 is 1.06 bits per heavy atom. The fourth-order valence-electron chi connectivity index (χ4n) is 4.79. The Labute approximate surface area is 205 Å². The van der Waals surface area contributed by atoms with Gasteiger partial charge in [-0.1, -0.05) is 0 Å². The van der Waals surface area contributed by atoms with Gasteiger partial charge >= 0.3 is 206 Å². The summed E-state index contributed by atoms with van der Waals surface area (Å²) in [4.78, 5) is 0. The first-order valence-electron chi connectivity index (χ1n) is 12.1. The first-order valence-corrected chi connectivity index (χ1v) is 15.5. The third-order valence-electron chi connectivity index (χ3n) is 6.62. The molecule has 4 aromatic rings. The molecule has 0 heterocycles. The fourth-order valence-corrected chi connectivity index (χ4v) is 13.9. The number of rotatable bonds is 10. The van der Waals surface area contributed by atoms with E-state index in [9.17, 15) is 4.39 Å². The van der Waals surface area contributed by atoms with Gasteiger partial charge in [0.2, 0.25) is 0 Å². The maximum atomic E-state index is 14.8. The summed E-state index contributed by atoms with van der Waals surface area (Å²) in [6, 6.07) is 43.4. The van der Waals surface area contributed by atoms with Gasteiger partial charge in [-0.15, -0.1) is 0 Å². The Kier molecular flexibility index (Phi) is 8.63. The van der Waals surface area contributed by atoms with Gasteiger partial charge in [0, 0.05) is 0 Å². The van der Waals surface area contributed by atoms with Crippen LogP contribution in [-0.2, 0) is 0 Å². The topological polar surface area (TPSA) is 3.24 Å². The number of hydrogen-bond donors (Lipinski definition) is 0. The third kappa shape index (κ3) is 5.31. The monoisotopic (exact) mass is 489 g/mol. The molecule has 0 N–H and O–H groups in total. The van der Waals surface area contributed by atoms with Crippen LogP contribution in [0.3, 0.4) is 0 Å². The first kappa shape index (κ1) is 24.7. The van der Waals surface area contributed by atoms with Crippen molar-refractivity contribution in [3.8, 4) is 0 Å². The van der Waals surface area contributed by atoms with Gasteiger partial charge in [-0.2, -0.15) is 0 Å². The zero-order chi connectivity index (χ0) is 23.8. The molecule has 0 spiro atoms. The molecule has 0 saturated heterocycles. The molecule has 4 heteroatoms. The van der Waals surface area contributed by atoms with Crippen LogP contribution in [-0.4, -0.2) is 23.8 Å². The molecule has 0 aliphatic carbocycles. The average Bonchev–Trinajstić information content (AvgIpc) is 2.91. The Morgan fingerprint density at radius 1 is 0.676 bits per heavy atom. The second kappa shape index (κ2) is 11.9. The average molecular weight is 490 g/mol. The quantitative estimate of drug-likeness (QED) is 0.232. The second-order valence-electron chi connectivity index (χ2n) is 8.64. The molecule has 1 unspecified atom stereocenters. The van der Waals surface area contributed by atoms with Crippen LogP contribution in [0.5, 0.6) is 0 Å². The van der Waals surface area contributed by atoms with Crippen LogP contribution >= 0.6 is 15.5 Å². The molecule has 1 nitrogen and oxygen atoms in total. The number of benzene rings is 4. The van der Waals surface area contributed by atoms with Gasteiger partial charge in [0.1, 0.15) is 0 Å². The Balaban J connectivity index is 1.95. The third-order valence-corrected chi connectivity index (χ3v) is 15.1. The van der Waals surface area contributed by atoms with Crippen LogP contribution in [0.4, 0.5) is 4.39 Å². The molecule has 4 aromatic carbocycles. The van der Waals surface area contributed by atoms with Crippen molar-refractivity contribution < 1.29 is 4.39 Å². The van der Waals surface area contributed by atoms with Gasteiger partial charge in [-0.3, -0.25) is 0 Å². The normalized spacial score (nSPS) is 13.2. The van der Waals surface area contributed by atoms with Crippen molar-refractivity contribution in [2.45, 2.75) is 25.9 Å². The second-order valence-corrected chi connectivity index (χ2v) is 15.3. The van der Waals surface area contributed by atoms with Crippen molar-refractivity contribution >= 4 is 36.7 Å². The number of halogens is 1. The van der Waals surface area contributed by atoms with E-state index in [0.717, 1.165) is 6.16 Å². The predicted octanol–water partition coefficient (Wildman–Crippen LogP) is 6.42.